The van der Waals surface area contributed by atoms with Crippen LogP contribution in [-0.4, -0.2) is 30.3 Å². The molecule has 0 aliphatic heterocycles. The summed E-state index contributed by atoms with van der Waals surface area (Å²) >= 11 is 9.18. The molecule has 0 bridgehead atoms. The van der Waals surface area contributed by atoms with Gasteiger partial charge >= 0.3 is 0 Å². The minimum Gasteiger partial charge on any atom is -0.332 e. The maximum Gasteiger partial charge on any atom is 0.254 e. The average Bonchev–Trinajstić information content (AvgIpc) is 2.50. The lowest BCUT2D eigenvalue weighted by molar-refractivity contribution is -0.116. The molecule has 0 spiro atoms. The second kappa shape index (κ2) is 7.62. The first-order valence-electron chi connectivity index (χ1n) is 6.94. The molecule has 0 saturated heterocycles. The zero-order valence-electron chi connectivity index (χ0n) is 12.8. The number of aryl methyl sites for hydroxylation is 1. The van der Waals surface area contributed by atoms with E-state index in [1.54, 1.807) is 31.3 Å². The van der Waals surface area contributed by atoms with Crippen molar-refractivity contribution in [2.75, 3.05) is 18.9 Å². The summed E-state index contributed by atoms with van der Waals surface area (Å²) in [5.41, 5.74) is 2.16. The van der Waals surface area contributed by atoms with Gasteiger partial charge in [-0.2, -0.15) is 0 Å². The first kappa shape index (κ1) is 17.5. The highest BCUT2D eigenvalue weighted by Crippen LogP contribution is 2.20. The second-order valence-electron chi connectivity index (χ2n) is 5.18. The van der Waals surface area contributed by atoms with Gasteiger partial charge in [0.15, 0.2) is 0 Å². The molecule has 0 saturated carbocycles. The molecule has 0 radical (unpaired) electrons. The lowest BCUT2D eigenvalue weighted by Crippen LogP contribution is -2.35. The molecule has 2 aromatic rings. The lowest BCUT2D eigenvalue weighted by Gasteiger charge is -2.17. The summed E-state index contributed by atoms with van der Waals surface area (Å²) in [6.07, 6.45) is 0. The molecule has 2 aromatic carbocycles. The molecule has 0 fully saturated rings. The number of amides is 2. The van der Waals surface area contributed by atoms with Gasteiger partial charge in [0.25, 0.3) is 5.91 Å². The Bertz CT molecular complexity index is 732. The molecule has 23 heavy (non-hydrogen) atoms. The summed E-state index contributed by atoms with van der Waals surface area (Å²) in [7, 11) is 1.59. The highest BCUT2D eigenvalue weighted by molar-refractivity contribution is 9.10. The number of nitrogens with zero attached hydrogens (tertiary/aromatic N) is 1. The highest BCUT2D eigenvalue weighted by Gasteiger charge is 2.15. The first-order valence-corrected chi connectivity index (χ1v) is 8.11. The average molecular weight is 396 g/mol. The van der Waals surface area contributed by atoms with Crippen LogP contribution in [0.25, 0.3) is 0 Å². The minimum atomic E-state index is -0.250. The summed E-state index contributed by atoms with van der Waals surface area (Å²) in [5.74, 6) is -0.482. The summed E-state index contributed by atoms with van der Waals surface area (Å²) < 4.78 is 0.947. The van der Waals surface area contributed by atoms with E-state index in [4.69, 9.17) is 11.6 Å². The van der Waals surface area contributed by atoms with E-state index in [1.807, 2.05) is 25.1 Å². The number of hydrogen-bond donors (Lipinski definition) is 1. The van der Waals surface area contributed by atoms with Crippen LogP contribution in [0, 0.1) is 6.92 Å². The van der Waals surface area contributed by atoms with E-state index in [-0.39, 0.29) is 18.4 Å². The van der Waals surface area contributed by atoms with E-state index in [2.05, 4.69) is 21.2 Å². The van der Waals surface area contributed by atoms with Crippen LogP contribution in [0.1, 0.15) is 15.9 Å². The molecule has 1 N–H and O–H groups in total. The molecule has 120 valence electrons. The molecule has 0 unspecified atom stereocenters. The predicted molar refractivity (Wildman–Crippen MR) is 95.9 cm³/mol. The number of carbonyl (C=O) groups excluding carboxylic acids is 2. The van der Waals surface area contributed by atoms with Crippen molar-refractivity contribution in [2.24, 2.45) is 0 Å². The SMILES string of the molecule is Cc1cc(Br)ccc1NC(=O)CN(C)C(=O)c1ccc(Cl)cc1. The van der Waals surface area contributed by atoms with Crippen LogP contribution in [0.15, 0.2) is 46.9 Å². The Morgan fingerprint density at radius 1 is 1.17 bits per heavy atom. The van der Waals surface area contributed by atoms with Crippen molar-refractivity contribution in [1.29, 1.82) is 0 Å². The van der Waals surface area contributed by atoms with Gasteiger partial charge in [-0.25, -0.2) is 0 Å². The van der Waals surface area contributed by atoms with Gasteiger partial charge < -0.3 is 10.2 Å². The second-order valence-corrected chi connectivity index (χ2v) is 6.53. The van der Waals surface area contributed by atoms with Gasteiger partial charge in [-0.1, -0.05) is 27.5 Å². The number of hydrogen-bond acceptors (Lipinski definition) is 2. The van der Waals surface area contributed by atoms with Crippen LogP contribution in [-0.2, 0) is 4.79 Å². The zero-order valence-corrected chi connectivity index (χ0v) is 15.1. The van der Waals surface area contributed by atoms with Gasteiger partial charge in [0.2, 0.25) is 5.91 Å². The molecule has 2 amide bonds. The third kappa shape index (κ3) is 4.81. The third-order valence-corrected chi connectivity index (χ3v) is 4.03. The van der Waals surface area contributed by atoms with Crippen LogP contribution in [0.5, 0.6) is 0 Å². The standard InChI is InChI=1S/C17H16BrClN2O2/c1-11-9-13(18)5-8-15(11)20-16(22)10-21(2)17(23)12-3-6-14(19)7-4-12/h3-9H,10H2,1-2H3,(H,20,22). The molecule has 0 heterocycles. The molecule has 6 heteroatoms. The van der Waals surface area contributed by atoms with E-state index < -0.39 is 0 Å². The maximum absolute atomic E-state index is 12.3. The predicted octanol–water partition coefficient (Wildman–Crippen LogP) is 4.12. The van der Waals surface area contributed by atoms with Gasteiger partial charge in [-0.3, -0.25) is 9.59 Å². The van der Waals surface area contributed by atoms with Crippen LogP contribution < -0.4 is 5.32 Å². The van der Waals surface area contributed by atoms with Crippen LogP contribution in [0.4, 0.5) is 5.69 Å². The molecule has 4 nitrogen and oxygen atoms in total. The van der Waals surface area contributed by atoms with Crippen molar-refractivity contribution in [2.45, 2.75) is 6.92 Å². The fourth-order valence-corrected chi connectivity index (χ4v) is 2.66. The number of anilines is 1. The Labute approximate surface area is 148 Å². The highest BCUT2D eigenvalue weighted by atomic mass is 79.9. The fourth-order valence-electron chi connectivity index (χ4n) is 2.06. The smallest absolute Gasteiger partial charge is 0.254 e. The molecule has 2 rings (SSSR count). The van der Waals surface area contributed by atoms with E-state index in [0.717, 1.165) is 15.7 Å². The van der Waals surface area contributed by atoms with Crippen LogP contribution >= 0.6 is 27.5 Å². The largest absolute Gasteiger partial charge is 0.332 e. The van der Waals surface area contributed by atoms with Crippen LogP contribution in [0.3, 0.4) is 0 Å². The van der Waals surface area contributed by atoms with Gasteiger partial charge in [0.1, 0.15) is 0 Å². The normalized spacial score (nSPS) is 10.3. The maximum atomic E-state index is 12.3. The van der Waals surface area contributed by atoms with E-state index in [0.29, 0.717) is 10.6 Å². The van der Waals surface area contributed by atoms with Crippen molar-refractivity contribution in [3.8, 4) is 0 Å². The number of halogens is 2. The topological polar surface area (TPSA) is 49.4 Å². The van der Waals surface area contributed by atoms with E-state index >= 15 is 0 Å². The van der Waals surface area contributed by atoms with Crippen molar-refractivity contribution < 1.29 is 9.59 Å². The summed E-state index contributed by atoms with van der Waals surface area (Å²) in [4.78, 5) is 25.7. The first-order chi connectivity index (χ1) is 10.9. The van der Waals surface area contributed by atoms with Crippen molar-refractivity contribution >= 4 is 45.0 Å². The Morgan fingerprint density at radius 3 is 2.43 bits per heavy atom. The minimum absolute atomic E-state index is 0.0308. The molecular formula is C17H16BrClN2O2. The van der Waals surface area contributed by atoms with Gasteiger partial charge in [-0.15, -0.1) is 0 Å². The Morgan fingerprint density at radius 2 is 1.83 bits per heavy atom. The molecular weight excluding hydrogens is 380 g/mol. The number of carbonyl (C=O) groups is 2. The van der Waals surface area contributed by atoms with Crippen molar-refractivity contribution in [3.05, 3.63) is 63.1 Å². The monoisotopic (exact) mass is 394 g/mol. The number of nitrogens with one attached hydrogen (secondary N) is 1. The Balaban J connectivity index is 1.99. The molecule has 0 aliphatic rings. The van der Waals surface area contributed by atoms with E-state index in [9.17, 15) is 9.59 Å². The van der Waals surface area contributed by atoms with Gasteiger partial charge in [-0.05, 0) is 55.0 Å². The molecule has 0 aromatic heterocycles. The zero-order chi connectivity index (χ0) is 17.0. The Hall–Kier alpha value is -1.85. The number of likely N-dealkylation sites (N-methyl/N-ethyl adjacent to an activating group) is 1. The van der Waals surface area contributed by atoms with Crippen molar-refractivity contribution in [1.82, 2.24) is 4.90 Å². The quantitative estimate of drug-likeness (QED) is 0.846. The van der Waals surface area contributed by atoms with E-state index in [1.165, 1.54) is 4.90 Å². The summed E-state index contributed by atoms with van der Waals surface area (Å²) in [5, 5.41) is 3.37. The third-order valence-electron chi connectivity index (χ3n) is 3.28. The van der Waals surface area contributed by atoms with Crippen molar-refractivity contribution in [3.63, 3.8) is 0 Å². The molecule has 0 atom stereocenters. The Kier molecular flexibility index (Phi) is 5.80. The summed E-state index contributed by atoms with van der Waals surface area (Å²) in [6, 6.07) is 12.2. The van der Waals surface area contributed by atoms with Gasteiger partial charge in [0, 0.05) is 27.8 Å². The lowest BCUT2D eigenvalue weighted by atomic mass is 10.2. The van der Waals surface area contributed by atoms with Gasteiger partial charge in [0.05, 0.1) is 6.54 Å². The van der Waals surface area contributed by atoms with Crippen LogP contribution in [0.2, 0.25) is 5.02 Å². The molecule has 0 aliphatic carbocycles. The fraction of sp³-hybridized carbons (Fsp3) is 0.176. The summed E-state index contributed by atoms with van der Waals surface area (Å²) in [6.45, 7) is 1.87. The number of rotatable bonds is 4. The number of benzene rings is 2.